The van der Waals surface area contributed by atoms with Crippen LogP contribution in [0, 0.1) is 0 Å². The molecule has 6 N–H and O–H groups in total. The largest absolute Gasteiger partial charge is 0.479 e. The fourth-order valence-electron chi connectivity index (χ4n) is 4.78. The molecule has 0 saturated carbocycles. The second-order valence-electron chi connectivity index (χ2n) is 9.27. The van der Waals surface area contributed by atoms with Gasteiger partial charge in [0.05, 0.1) is 6.33 Å². The van der Waals surface area contributed by atoms with E-state index < -0.39 is 30.5 Å². The Hall–Kier alpha value is -4.92. The van der Waals surface area contributed by atoms with E-state index in [4.69, 9.17) is 10.5 Å². The van der Waals surface area contributed by atoms with Gasteiger partial charge in [-0.05, 0) is 11.1 Å². The van der Waals surface area contributed by atoms with Crippen molar-refractivity contribution >= 4 is 28.9 Å². The first-order chi connectivity index (χ1) is 19.4. The van der Waals surface area contributed by atoms with Crippen LogP contribution in [0.25, 0.3) is 17.1 Å². The van der Waals surface area contributed by atoms with Gasteiger partial charge in [-0.3, -0.25) is 4.57 Å². The second kappa shape index (κ2) is 10.3. The number of carboxylic acids is 1. The molecule has 204 valence electrons. The molecule has 1 fully saturated rings. The molecular weight excluding hydrogens is 518 g/mol. The molecule has 0 amide bonds. The molecule has 0 aliphatic carbocycles. The number of nitrogens with two attached hydrogens (primary N) is 1. The minimum atomic E-state index is -1.65. The van der Waals surface area contributed by atoms with Gasteiger partial charge in [-0.25, -0.2) is 14.8 Å². The van der Waals surface area contributed by atoms with Crippen molar-refractivity contribution in [3.63, 3.8) is 0 Å². The molecule has 14 heteroatoms. The topological polar surface area (TPSA) is 199 Å². The monoisotopic (exact) mass is 543 g/mol. The minimum absolute atomic E-state index is 0.0157. The summed E-state index contributed by atoms with van der Waals surface area (Å²) in [4.78, 5) is 29.1. The number of fused-ring (bicyclic) bond motifs is 1. The van der Waals surface area contributed by atoms with Crippen molar-refractivity contribution in [3.05, 3.63) is 84.4 Å². The number of nitrogens with zero attached hydrogens (tertiary/aromatic N) is 7. The van der Waals surface area contributed by atoms with Gasteiger partial charge in [0, 0.05) is 12.5 Å². The standard InChI is InChI=1S/C26H25N9O5/c27-25-30-13-35(33-25)26-31-21(28-11-16(14-7-3-1-4-8-14)15-9-5-2-6-10-15)17-22(32-26)34(12-29-17)23-19(37)18(36)20(40-23)24(38)39/h1-10,12-13,16,18-20,23,36-37H,11H2,(H2,27,33)(H,38,39)(H,28,31,32)/t18-,19+,20-,23+/m0/s1. The van der Waals surface area contributed by atoms with Gasteiger partial charge in [0.15, 0.2) is 29.3 Å². The van der Waals surface area contributed by atoms with Gasteiger partial charge in [0.1, 0.15) is 18.5 Å². The summed E-state index contributed by atoms with van der Waals surface area (Å²) < 4.78 is 8.13. The van der Waals surface area contributed by atoms with Crippen molar-refractivity contribution in [1.82, 2.24) is 34.3 Å². The lowest BCUT2D eigenvalue weighted by Crippen LogP contribution is -2.35. The van der Waals surface area contributed by atoms with E-state index in [1.807, 2.05) is 36.4 Å². The van der Waals surface area contributed by atoms with Crippen molar-refractivity contribution in [2.24, 2.45) is 0 Å². The maximum absolute atomic E-state index is 11.5. The van der Waals surface area contributed by atoms with Crippen molar-refractivity contribution in [1.29, 1.82) is 0 Å². The SMILES string of the molecule is Nc1ncn(-c2nc(NCC(c3ccccc3)c3ccccc3)c3ncn([C@@H]4O[C@H](C(=O)O)[C@@H](O)[C@H]4O)c3n2)n1. The summed E-state index contributed by atoms with van der Waals surface area (Å²) >= 11 is 0. The number of ether oxygens (including phenoxy) is 1. The zero-order chi connectivity index (χ0) is 27.8. The number of aliphatic hydroxyl groups is 2. The Morgan fingerprint density at radius 3 is 2.23 bits per heavy atom. The summed E-state index contributed by atoms with van der Waals surface area (Å²) in [5.41, 5.74) is 8.44. The molecule has 40 heavy (non-hydrogen) atoms. The lowest BCUT2D eigenvalue weighted by atomic mass is 9.91. The maximum Gasteiger partial charge on any atom is 0.335 e. The Kier molecular flexibility index (Phi) is 6.55. The zero-order valence-electron chi connectivity index (χ0n) is 20.9. The summed E-state index contributed by atoms with van der Waals surface area (Å²) in [6.45, 7) is 0.439. The van der Waals surface area contributed by atoms with Crippen LogP contribution in [0.4, 0.5) is 11.8 Å². The Morgan fingerprint density at radius 1 is 0.975 bits per heavy atom. The van der Waals surface area contributed by atoms with Crippen molar-refractivity contribution in [2.45, 2.75) is 30.5 Å². The molecule has 0 bridgehead atoms. The molecule has 4 heterocycles. The number of nitrogen functional groups attached to an aromatic ring is 1. The number of imidazole rings is 1. The number of anilines is 2. The third kappa shape index (κ3) is 4.59. The smallest absolute Gasteiger partial charge is 0.335 e. The molecule has 0 spiro atoms. The van der Waals surface area contributed by atoms with Crippen LogP contribution >= 0.6 is 0 Å². The van der Waals surface area contributed by atoms with Gasteiger partial charge in [-0.2, -0.15) is 14.6 Å². The number of benzene rings is 2. The van der Waals surface area contributed by atoms with E-state index in [0.29, 0.717) is 17.9 Å². The Bertz CT molecular complexity index is 1600. The van der Waals surface area contributed by atoms with Gasteiger partial charge in [-0.15, -0.1) is 5.10 Å². The molecule has 2 aromatic carbocycles. The van der Waals surface area contributed by atoms with E-state index in [1.165, 1.54) is 21.9 Å². The van der Waals surface area contributed by atoms with Crippen LogP contribution in [-0.2, 0) is 9.53 Å². The number of nitrogens with one attached hydrogen (secondary N) is 1. The second-order valence-corrected chi connectivity index (χ2v) is 9.27. The number of aromatic nitrogens is 7. The highest BCUT2D eigenvalue weighted by Gasteiger charge is 2.48. The number of carboxylic acid groups (broad SMARTS) is 1. The first-order valence-corrected chi connectivity index (χ1v) is 12.4. The average molecular weight is 544 g/mol. The van der Waals surface area contributed by atoms with Crippen LogP contribution in [0.2, 0.25) is 0 Å². The van der Waals surface area contributed by atoms with Gasteiger partial charge in [-0.1, -0.05) is 60.7 Å². The molecule has 0 unspecified atom stereocenters. The van der Waals surface area contributed by atoms with E-state index in [-0.39, 0.29) is 23.5 Å². The highest BCUT2D eigenvalue weighted by atomic mass is 16.6. The highest BCUT2D eigenvalue weighted by molar-refractivity contribution is 5.84. The molecule has 1 aliphatic heterocycles. The Labute approximate surface area is 226 Å². The summed E-state index contributed by atoms with van der Waals surface area (Å²) in [6.07, 6.45) is -3.38. The van der Waals surface area contributed by atoms with Gasteiger partial charge >= 0.3 is 5.97 Å². The van der Waals surface area contributed by atoms with Crippen LogP contribution in [-0.4, -0.2) is 80.4 Å². The number of rotatable bonds is 8. The lowest BCUT2D eigenvalue weighted by molar-refractivity contribution is -0.155. The molecule has 1 saturated heterocycles. The molecule has 4 atom stereocenters. The number of aliphatic carboxylic acids is 1. The normalized spacial score (nSPS) is 20.8. The van der Waals surface area contributed by atoms with Crippen LogP contribution in [0.1, 0.15) is 23.3 Å². The quantitative estimate of drug-likeness (QED) is 0.186. The lowest BCUT2D eigenvalue weighted by Gasteiger charge is -2.20. The summed E-state index contributed by atoms with van der Waals surface area (Å²) in [6, 6.07) is 20.0. The van der Waals surface area contributed by atoms with Crippen molar-refractivity contribution in [3.8, 4) is 5.95 Å². The van der Waals surface area contributed by atoms with Crippen LogP contribution in [0.15, 0.2) is 73.3 Å². The molecule has 14 nitrogen and oxygen atoms in total. The van der Waals surface area contributed by atoms with Crippen molar-refractivity contribution < 1.29 is 24.9 Å². The third-order valence-electron chi connectivity index (χ3n) is 6.76. The Balaban J connectivity index is 1.41. The number of hydrogen-bond acceptors (Lipinski definition) is 11. The first-order valence-electron chi connectivity index (χ1n) is 12.4. The average Bonchev–Trinajstić information content (AvgIpc) is 3.67. The van der Waals surface area contributed by atoms with E-state index in [1.54, 1.807) is 0 Å². The van der Waals surface area contributed by atoms with Crippen LogP contribution < -0.4 is 11.1 Å². The predicted octanol–water partition coefficient (Wildman–Crippen LogP) is 0.937. The maximum atomic E-state index is 11.5. The van der Waals surface area contributed by atoms with E-state index in [9.17, 15) is 20.1 Å². The van der Waals surface area contributed by atoms with Crippen LogP contribution in [0.5, 0.6) is 0 Å². The molecular formula is C26H25N9O5. The molecule has 6 rings (SSSR count). The van der Waals surface area contributed by atoms with Crippen LogP contribution in [0.3, 0.4) is 0 Å². The molecule has 3 aromatic heterocycles. The summed E-state index contributed by atoms with van der Waals surface area (Å²) in [5.74, 6) is -0.970. The fourth-order valence-corrected chi connectivity index (χ4v) is 4.78. The van der Waals surface area contributed by atoms with Gasteiger partial charge in [0.25, 0.3) is 5.95 Å². The summed E-state index contributed by atoms with van der Waals surface area (Å²) in [7, 11) is 0. The van der Waals surface area contributed by atoms with E-state index in [2.05, 4.69) is 54.6 Å². The molecule has 0 radical (unpaired) electrons. The zero-order valence-corrected chi connectivity index (χ0v) is 20.9. The fraction of sp³-hybridized carbons (Fsp3) is 0.231. The van der Waals surface area contributed by atoms with Gasteiger partial charge in [0.2, 0.25) is 5.95 Å². The highest BCUT2D eigenvalue weighted by Crippen LogP contribution is 2.33. The van der Waals surface area contributed by atoms with Crippen molar-refractivity contribution in [2.75, 3.05) is 17.6 Å². The first kappa shape index (κ1) is 25.4. The minimum Gasteiger partial charge on any atom is -0.479 e. The number of carbonyl (C=O) groups is 1. The summed E-state index contributed by atoms with van der Waals surface area (Å²) in [5, 5.41) is 37.7. The third-order valence-corrected chi connectivity index (χ3v) is 6.76. The Morgan fingerprint density at radius 2 is 1.65 bits per heavy atom. The van der Waals surface area contributed by atoms with Gasteiger partial charge < -0.3 is 31.1 Å². The van der Waals surface area contributed by atoms with E-state index in [0.717, 1.165) is 11.1 Å². The number of aliphatic hydroxyl groups excluding tert-OH is 2. The molecule has 1 aliphatic rings. The predicted molar refractivity (Wildman–Crippen MR) is 141 cm³/mol. The molecule has 5 aromatic rings. The van der Waals surface area contributed by atoms with E-state index >= 15 is 0 Å². The number of hydrogen-bond donors (Lipinski definition) is 5.